The largest absolute Gasteiger partial charge is 0.454 e. The van der Waals surface area contributed by atoms with Crippen LogP contribution in [0.3, 0.4) is 0 Å². The van der Waals surface area contributed by atoms with E-state index in [0.29, 0.717) is 11.2 Å². The van der Waals surface area contributed by atoms with Crippen LogP contribution in [0.1, 0.15) is 50.7 Å². The molecule has 0 amide bonds. The second kappa shape index (κ2) is 10.4. The number of nitrogens with zero attached hydrogens (tertiary/aromatic N) is 3. The quantitative estimate of drug-likeness (QED) is 0.194. The number of imidazole rings is 1. The third-order valence-corrected chi connectivity index (χ3v) is 9.34. The molecule has 0 N–H and O–H groups in total. The molecule has 47 heavy (non-hydrogen) atoms. The van der Waals surface area contributed by atoms with Gasteiger partial charge < -0.3 is 8.83 Å². The lowest BCUT2D eigenvalue weighted by molar-refractivity contribution is 0.655. The van der Waals surface area contributed by atoms with Gasteiger partial charge in [0.1, 0.15) is 28.0 Å². The third-order valence-electron chi connectivity index (χ3n) is 9.34. The molecule has 4 heterocycles. The Morgan fingerprint density at radius 2 is 1.21 bits per heavy atom. The molecular weight excluding hydrogens is 578 g/mol. The Labute approximate surface area is 272 Å². The highest BCUT2D eigenvalue weighted by atomic mass is 16.3. The molecule has 0 aliphatic rings. The van der Waals surface area contributed by atoms with Gasteiger partial charge in [-0.05, 0) is 82.6 Å². The molecule has 0 atom stereocenters. The minimum Gasteiger partial charge on any atom is -0.454 e. The van der Waals surface area contributed by atoms with E-state index >= 15 is 0 Å². The summed E-state index contributed by atoms with van der Waals surface area (Å²) in [6.07, 6.45) is 0. The van der Waals surface area contributed by atoms with Crippen molar-refractivity contribution in [1.82, 2.24) is 14.5 Å². The lowest BCUT2D eigenvalue weighted by atomic mass is 9.88. The van der Waals surface area contributed by atoms with Crippen LogP contribution in [0.15, 0.2) is 124 Å². The Morgan fingerprint density at radius 3 is 2.00 bits per heavy atom. The maximum Gasteiger partial charge on any atom is 0.157 e. The molecule has 5 aromatic carbocycles. The van der Waals surface area contributed by atoms with Crippen LogP contribution in [-0.4, -0.2) is 14.5 Å². The molecule has 4 aromatic heterocycles. The van der Waals surface area contributed by atoms with Crippen LogP contribution >= 0.6 is 0 Å². The lowest BCUT2D eigenvalue weighted by Crippen LogP contribution is -2.09. The Kier molecular flexibility index (Phi) is 6.13. The van der Waals surface area contributed by atoms with Crippen molar-refractivity contribution in [2.45, 2.75) is 39.5 Å². The number of hydrogen-bond acceptors (Lipinski definition) is 4. The predicted molar refractivity (Wildman–Crippen MR) is 192 cm³/mol. The van der Waals surface area contributed by atoms with Crippen LogP contribution in [-0.2, 0) is 0 Å². The SMILES string of the molecule is CC(C)c1cc(-c2ccccc2)cc(C(C)C)c1-n1c(-c2cccc3c2oc2cc4oc5ccccc5c4nc23)nc2ccccc21. The van der Waals surface area contributed by atoms with Crippen LogP contribution in [0.5, 0.6) is 0 Å². The molecule has 5 nitrogen and oxygen atoms in total. The average Bonchev–Trinajstić information content (AvgIpc) is 3.77. The molecule has 0 bridgehead atoms. The molecule has 0 saturated heterocycles. The average molecular weight is 612 g/mol. The molecule has 0 aliphatic heterocycles. The number of furan rings is 2. The lowest BCUT2D eigenvalue weighted by Gasteiger charge is -2.24. The van der Waals surface area contributed by atoms with E-state index in [1.807, 2.05) is 24.3 Å². The van der Waals surface area contributed by atoms with Gasteiger partial charge in [-0.3, -0.25) is 4.57 Å². The van der Waals surface area contributed by atoms with Crippen molar-refractivity contribution >= 4 is 55.2 Å². The Morgan fingerprint density at radius 1 is 0.553 bits per heavy atom. The highest BCUT2D eigenvalue weighted by Crippen LogP contribution is 2.43. The van der Waals surface area contributed by atoms with Crippen LogP contribution in [0.25, 0.3) is 83.4 Å². The molecule has 0 aliphatic carbocycles. The van der Waals surface area contributed by atoms with Crippen molar-refractivity contribution in [2.24, 2.45) is 0 Å². The van der Waals surface area contributed by atoms with Gasteiger partial charge in [0.15, 0.2) is 11.2 Å². The van der Waals surface area contributed by atoms with Gasteiger partial charge in [0.25, 0.3) is 0 Å². The van der Waals surface area contributed by atoms with E-state index in [2.05, 4.69) is 123 Å². The highest BCUT2D eigenvalue weighted by Gasteiger charge is 2.26. The van der Waals surface area contributed by atoms with Gasteiger partial charge in [0.2, 0.25) is 0 Å². The van der Waals surface area contributed by atoms with Crippen molar-refractivity contribution in [3.05, 3.63) is 126 Å². The molecule has 9 rings (SSSR count). The van der Waals surface area contributed by atoms with E-state index in [1.54, 1.807) is 0 Å². The summed E-state index contributed by atoms with van der Waals surface area (Å²) in [5, 5.41) is 1.95. The van der Waals surface area contributed by atoms with Gasteiger partial charge in [0, 0.05) is 16.8 Å². The van der Waals surface area contributed by atoms with Gasteiger partial charge in [-0.25, -0.2) is 9.97 Å². The zero-order valence-electron chi connectivity index (χ0n) is 26.8. The maximum absolute atomic E-state index is 6.69. The van der Waals surface area contributed by atoms with Crippen molar-refractivity contribution in [3.63, 3.8) is 0 Å². The number of aromatic nitrogens is 3. The van der Waals surface area contributed by atoms with Gasteiger partial charge in [-0.1, -0.05) is 88.4 Å². The van der Waals surface area contributed by atoms with Crippen molar-refractivity contribution in [3.8, 4) is 28.2 Å². The minimum absolute atomic E-state index is 0.275. The zero-order chi connectivity index (χ0) is 31.8. The van der Waals surface area contributed by atoms with Gasteiger partial charge in [-0.15, -0.1) is 0 Å². The predicted octanol–water partition coefficient (Wildman–Crippen LogP) is 11.8. The van der Waals surface area contributed by atoms with Crippen LogP contribution in [0, 0.1) is 0 Å². The van der Waals surface area contributed by atoms with Gasteiger partial charge in [-0.2, -0.15) is 0 Å². The van der Waals surface area contributed by atoms with Crippen molar-refractivity contribution < 1.29 is 8.83 Å². The molecule has 0 radical (unpaired) electrons. The monoisotopic (exact) mass is 611 g/mol. The summed E-state index contributed by atoms with van der Waals surface area (Å²) in [5.41, 5.74) is 13.8. The summed E-state index contributed by atoms with van der Waals surface area (Å²) in [7, 11) is 0. The first-order valence-corrected chi connectivity index (χ1v) is 16.3. The number of pyridine rings is 1. The molecule has 5 heteroatoms. The topological polar surface area (TPSA) is 57.0 Å². The van der Waals surface area contributed by atoms with E-state index in [9.17, 15) is 0 Å². The fourth-order valence-electron chi connectivity index (χ4n) is 7.06. The number of fused-ring (bicyclic) bond motifs is 7. The summed E-state index contributed by atoms with van der Waals surface area (Å²) >= 11 is 0. The van der Waals surface area contributed by atoms with Gasteiger partial charge in [0.05, 0.1) is 22.3 Å². The summed E-state index contributed by atoms with van der Waals surface area (Å²) in [5.74, 6) is 1.40. The molecule has 0 spiro atoms. The second-order valence-corrected chi connectivity index (χ2v) is 13.0. The first-order valence-electron chi connectivity index (χ1n) is 16.3. The smallest absolute Gasteiger partial charge is 0.157 e. The first kappa shape index (κ1) is 27.6. The molecule has 228 valence electrons. The molecule has 0 unspecified atom stereocenters. The van der Waals surface area contributed by atoms with E-state index < -0.39 is 0 Å². The van der Waals surface area contributed by atoms with Crippen molar-refractivity contribution in [1.29, 1.82) is 0 Å². The standard InChI is InChI=1S/C42H33N3O2/c1-24(2)31-21-27(26-13-6-5-7-14-26)22-32(25(3)4)40(31)45-34-19-10-9-18-33(34)43-42(45)30-17-12-16-29-39-37(47-41(29)30)23-36-38(44-39)28-15-8-11-20-35(28)46-36/h5-25H,1-4H3. The summed E-state index contributed by atoms with van der Waals surface area (Å²) < 4.78 is 15.2. The number of rotatable bonds is 5. The van der Waals surface area contributed by atoms with Crippen molar-refractivity contribution in [2.75, 3.05) is 0 Å². The zero-order valence-corrected chi connectivity index (χ0v) is 26.8. The molecule has 0 saturated carbocycles. The highest BCUT2D eigenvalue weighted by molar-refractivity contribution is 6.13. The molecular formula is C42H33N3O2. The maximum atomic E-state index is 6.69. The number of para-hydroxylation sites is 4. The second-order valence-electron chi connectivity index (χ2n) is 13.0. The fraction of sp³-hybridized carbons (Fsp3) is 0.143. The normalized spacial score (nSPS) is 12.2. The van der Waals surface area contributed by atoms with E-state index in [0.717, 1.165) is 55.4 Å². The van der Waals surface area contributed by atoms with Crippen LogP contribution < -0.4 is 0 Å². The molecule has 0 fully saturated rings. The summed E-state index contributed by atoms with van der Waals surface area (Å²) in [4.78, 5) is 10.4. The third kappa shape index (κ3) is 4.23. The minimum atomic E-state index is 0.275. The van der Waals surface area contributed by atoms with E-state index in [4.69, 9.17) is 18.8 Å². The Hall–Kier alpha value is -5.68. The van der Waals surface area contributed by atoms with Crippen LogP contribution in [0.2, 0.25) is 0 Å². The molecule has 9 aromatic rings. The van der Waals surface area contributed by atoms with E-state index in [1.165, 1.54) is 27.9 Å². The Balaban J connectivity index is 1.35. The summed E-state index contributed by atoms with van der Waals surface area (Å²) in [6, 6.07) is 40.1. The van der Waals surface area contributed by atoms with Crippen LogP contribution in [0.4, 0.5) is 0 Å². The Bertz CT molecular complexity index is 2610. The first-order chi connectivity index (χ1) is 23.0. The van der Waals surface area contributed by atoms with E-state index in [-0.39, 0.29) is 11.8 Å². The number of benzene rings is 5. The number of hydrogen-bond donors (Lipinski definition) is 0. The fourth-order valence-corrected chi connectivity index (χ4v) is 7.06. The van der Waals surface area contributed by atoms with Gasteiger partial charge >= 0.3 is 0 Å². The summed E-state index contributed by atoms with van der Waals surface area (Å²) in [6.45, 7) is 9.12.